The van der Waals surface area contributed by atoms with Gasteiger partial charge >= 0.3 is 6.18 Å². The molecule has 2 amide bonds. The van der Waals surface area contributed by atoms with Gasteiger partial charge in [0.1, 0.15) is 11.7 Å². The first-order valence-corrected chi connectivity index (χ1v) is 10.4. The van der Waals surface area contributed by atoms with Crippen molar-refractivity contribution in [2.45, 2.75) is 39.5 Å². The van der Waals surface area contributed by atoms with E-state index in [1.54, 1.807) is 35.0 Å². The molecule has 0 spiro atoms. The Hall–Kier alpha value is -3.15. The fourth-order valence-electron chi connectivity index (χ4n) is 3.06. The average Bonchev–Trinajstić information content (AvgIpc) is 3.32. The Labute approximate surface area is 189 Å². The van der Waals surface area contributed by atoms with Gasteiger partial charge in [0.25, 0.3) is 5.91 Å². The normalized spacial score (nSPS) is 12.5. The lowest BCUT2D eigenvalue weighted by Gasteiger charge is -2.15. The Morgan fingerprint density at radius 3 is 2.44 bits per heavy atom. The van der Waals surface area contributed by atoms with Crippen molar-refractivity contribution in [3.8, 4) is 0 Å². The van der Waals surface area contributed by atoms with Gasteiger partial charge in [0.15, 0.2) is 5.69 Å². The second-order valence-corrected chi connectivity index (χ2v) is 7.72. The van der Waals surface area contributed by atoms with Crippen molar-refractivity contribution in [3.63, 3.8) is 0 Å². The van der Waals surface area contributed by atoms with Gasteiger partial charge in [-0.2, -0.15) is 23.4 Å². The van der Waals surface area contributed by atoms with Crippen molar-refractivity contribution in [2.24, 2.45) is 0 Å². The molecule has 0 aliphatic carbocycles. The van der Waals surface area contributed by atoms with Gasteiger partial charge in [0.05, 0.1) is 10.2 Å². The third-order valence-corrected chi connectivity index (χ3v) is 5.68. The van der Waals surface area contributed by atoms with Crippen LogP contribution in [-0.4, -0.2) is 31.4 Å². The van der Waals surface area contributed by atoms with E-state index in [1.807, 2.05) is 6.92 Å². The van der Waals surface area contributed by atoms with Crippen LogP contribution in [0.3, 0.4) is 0 Å². The number of aryl methyl sites for hydroxylation is 1. The number of nitrogens with one attached hydrogen (secondary N) is 2. The number of alkyl halides is 3. The molecule has 32 heavy (non-hydrogen) atoms. The molecular weight excluding hydrogens is 493 g/mol. The molecule has 3 rings (SSSR count). The number of aromatic nitrogens is 4. The number of nitrogens with zero attached hydrogens (tertiary/aromatic N) is 4. The molecule has 0 radical (unpaired) electrons. The minimum absolute atomic E-state index is 0.175. The molecule has 0 fully saturated rings. The van der Waals surface area contributed by atoms with Crippen molar-refractivity contribution < 1.29 is 22.8 Å². The highest BCUT2D eigenvalue weighted by Gasteiger charge is 2.39. The maximum absolute atomic E-state index is 13.1. The van der Waals surface area contributed by atoms with Crippen LogP contribution in [0.1, 0.15) is 41.8 Å². The molecule has 2 N–H and O–H groups in total. The molecule has 2 aromatic heterocycles. The van der Waals surface area contributed by atoms with Crippen LogP contribution in [0.15, 0.2) is 41.0 Å². The van der Waals surface area contributed by atoms with E-state index in [2.05, 4.69) is 36.8 Å². The second-order valence-electron chi connectivity index (χ2n) is 6.92. The summed E-state index contributed by atoms with van der Waals surface area (Å²) in [5, 5.41) is 13.0. The van der Waals surface area contributed by atoms with Crippen molar-refractivity contribution in [3.05, 3.63) is 58.1 Å². The van der Waals surface area contributed by atoms with Crippen LogP contribution in [0.25, 0.3) is 0 Å². The van der Waals surface area contributed by atoms with E-state index in [0.29, 0.717) is 23.6 Å². The summed E-state index contributed by atoms with van der Waals surface area (Å²) in [6.45, 7) is 5.27. The monoisotopic (exact) mass is 512 g/mol. The van der Waals surface area contributed by atoms with Gasteiger partial charge in [-0.1, -0.05) is 6.07 Å². The average molecular weight is 513 g/mol. The van der Waals surface area contributed by atoms with Crippen LogP contribution in [0.5, 0.6) is 0 Å². The lowest BCUT2D eigenvalue weighted by molar-refractivity contribution is -0.142. The maximum atomic E-state index is 13.1. The Morgan fingerprint density at radius 1 is 1.19 bits per heavy atom. The van der Waals surface area contributed by atoms with Crippen LogP contribution in [0, 0.1) is 6.92 Å². The van der Waals surface area contributed by atoms with Crippen LogP contribution in [-0.2, 0) is 17.5 Å². The Morgan fingerprint density at radius 2 is 1.84 bits per heavy atom. The summed E-state index contributed by atoms with van der Waals surface area (Å²) in [5.74, 6) is -0.928. The number of anilines is 2. The molecule has 12 heteroatoms. The minimum atomic E-state index is -4.65. The van der Waals surface area contributed by atoms with Crippen LogP contribution in [0.2, 0.25) is 0 Å². The van der Waals surface area contributed by atoms with Crippen molar-refractivity contribution in [1.29, 1.82) is 0 Å². The predicted octanol–water partition coefficient (Wildman–Crippen LogP) is 4.64. The second kappa shape index (κ2) is 9.15. The zero-order valence-electron chi connectivity index (χ0n) is 17.4. The van der Waals surface area contributed by atoms with Gasteiger partial charge in [-0.25, -0.2) is 0 Å². The van der Waals surface area contributed by atoms with Gasteiger partial charge in [0, 0.05) is 24.1 Å². The summed E-state index contributed by atoms with van der Waals surface area (Å²) < 4.78 is 41.7. The van der Waals surface area contributed by atoms with E-state index >= 15 is 0 Å². The fraction of sp³-hybridized carbons (Fsp3) is 0.300. The highest BCUT2D eigenvalue weighted by atomic mass is 79.9. The number of carbonyl (C=O) groups is 2. The smallest absolute Gasteiger partial charge is 0.324 e. The molecule has 170 valence electrons. The lowest BCUT2D eigenvalue weighted by atomic mass is 10.2. The number of carbonyl (C=O) groups excluding carboxylic acids is 2. The van der Waals surface area contributed by atoms with Gasteiger partial charge in [-0.05, 0) is 61.0 Å². The maximum Gasteiger partial charge on any atom is 0.436 e. The van der Waals surface area contributed by atoms with E-state index in [1.165, 1.54) is 20.0 Å². The van der Waals surface area contributed by atoms with Crippen LogP contribution >= 0.6 is 15.9 Å². The summed E-state index contributed by atoms with van der Waals surface area (Å²) >= 11 is 2.90. The molecular formula is C20H20BrF3N6O2. The van der Waals surface area contributed by atoms with E-state index in [0.717, 1.165) is 4.68 Å². The van der Waals surface area contributed by atoms with Gasteiger partial charge in [-0.15, -0.1) is 0 Å². The van der Waals surface area contributed by atoms with Gasteiger partial charge < -0.3 is 10.6 Å². The van der Waals surface area contributed by atoms with Crippen molar-refractivity contribution in [1.82, 2.24) is 19.6 Å². The largest absolute Gasteiger partial charge is 0.436 e. The molecule has 0 saturated heterocycles. The standard InChI is InChI=1S/C20H20BrF3N6O2/c1-4-29-15(8-9-25-29)19(32)27-14-7-5-6-13(10-14)26-18(31)12(3)30-11(2)16(21)17(28-30)20(22,23)24/h5-10,12H,4H2,1-3H3,(H,26,31)(H,27,32). The highest BCUT2D eigenvalue weighted by Crippen LogP contribution is 2.36. The molecule has 0 aliphatic rings. The highest BCUT2D eigenvalue weighted by molar-refractivity contribution is 9.10. The number of rotatable bonds is 6. The van der Waals surface area contributed by atoms with Crippen molar-refractivity contribution in [2.75, 3.05) is 10.6 Å². The third-order valence-electron chi connectivity index (χ3n) is 4.73. The molecule has 1 aromatic carbocycles. The first-order chi connectivity index (χ1) is 15.0. The van der Waals surface area contributed by atoms with Crippen LogP contribution in [0.4, 0.5) is 24.5 Å². The molecule has 8 nitrogen and oxygen atoms in total. The van der Waals surface area contributed by atoms with Crippen LogP contribution < -0.4 is 10.6 Å². The number of halogens is 4. The first kappa shape index (κ1) is 23.5. The lowest BCUT2D eigenvalue weighted by Crippen LogP contribution is -2.25. The van der Waals surface area contributed by atoms with E-state index in [9.17, 15) is 22.8 Å². The minimum Gasteiger partial charge on any atom is -0.324 e. The quantitative estimate of drug-likeness (QED) is 0.502. The Kier molecular flexibility index (Phi) is 6.72. The molecule has 0 saturated carbocycles. The molecule has 0 bridgehead atoms. The first-order valence-electron chi connectivity index (χ1n) is 9.58. The zero-order valence-corrected chi connectivity index (χ0v) is 19.0. The van der Waals surface area contributed by atoms with E-state index in [-0.39, 0.29) is 16.1 Å². The summed E-state index contributed by atoms with van der Waals surface area (Å²) in [7, 11) is 0. The third kappa shape index (κ3) is 4.85. The van der Waals surface area contributed by atoms with E-state index in [4.69, 9.17) is 0 Å². The molecule has 1 unspecified atom stereocenters. The van der Waals surface area contributed by atoms with E-state index < -0.39 is 23.8 Å². The SMILES string of the molecule is CCn1nccc1C(=O)Nc1cccc(NC(=O)C(C)n2nc(C(F)(F)F)c(Br)c2C)c1. The molecule has 2 heterocycles. The summed E-state index contributed by atoms with van der Waals surface area (Å²) in [6.07, 6.45) is -3.12. The Bertz CT molecular complexity index is 1150. The summed E-state index contributed by atoms with van der Waals surface area (Å²) in [5.41, 5.74) is 0.264. The molecule has 0 aliphatic heterocycles. The number of benzene rings is 1. The predicted molar refractivity (Wildman–Crippen MR) is 115 cm³/mol. The number of amides is 2. The van der Waals surface area contributed by atoms with Gasteiger partial charge in [0.2, 0.25) is 5.91 Å². The Balaban J connectivity index is 1.74. The van der Waals surface area contributed by atoms with Gasteiger partial charge in [-0.3, -0.25) is 19.0 Å². The van der Waals surface area contributed by atoms with Crippen molar-refractivity contribution >= 4 is 39.1 Å². The topological polar surface area (TPSA) is 93.8 Å². The fourth-order valence-corrected chi connectivity index (χ4v) is 3.55. The zero-order chi connectivity index (χ0) is 23.6. The number of hydrogen-bond donors (Lipinski definition) is 2. The summed E-state index contributed by atoms with van der Waals surface area (Å²) in [6, 6.07) is 7.00. The molecule has 3 aromatic rings. The number of hydrogen-bond acceptors (Lipinski definition) is 4. The summed E-state index contributed by atoms with van der Waals surface area (Å²) in [4.78, 5) is 25.1. The molecule has 1 atom stereocenters.